The fourth-order valence-corrected chi connectivity index (χ4v) is 3.95. The number of aryl methyl sites for hydroxylation is 1. The number of benzene rings is 1. The van der Waals surface area contributed by atoms with Gasteiger partial charge in [-0.15, -0.1) is 0 Å². The maximum absolute atomic E-state index is 14.7. The minimum atomic E-state index is -0.416. The van der Waals surface area contributed by atoms with E-state index in [-0.39, 0.29) is 37.2 Å². The number of aromatic nitrogens is 5. The molecular weight excluding hydrogens is 441 g/mol. The quantitative estimate of drug-likeness (QED) is 0.521. The van der Waals surface area contributed by atoms with Crippen molar-refractivity contribution in [2.75, 3.05) is 26.2 Å². The molecule has 2 unspecified atom stereocenters. The number of rotatable bonds is 8. The molecule has 3 heterocycles. The summed E-state index contributed by atoms with van der Waals surface area (Å²) >= 11 is 6.33. The highest BCUT2D eigenvalue weighted by atomic mass is 35.5. The van der Waals surface area contributed by atoms with Gasteiger partial charge < -0.3 is 14.6 Å². The Morgan fingerprint density at radius 1 is 1.47 bits per heavy atom. The van der Waals surface area contributed by atoms with E-state index in [0.29, 0.717) is 42.0 Å². The molecule has 1 aromatic carbocycles. The molecule has 2 N–H and O–H groups in total. The maximum atomic E-state index is 14.7. The Morgan fingerprint density at radius 2 is 2.34 bits per heavy atom. The van der Waals surface area contributed by atoms with E-state index in [9.17, 15) is 9.18 Å². The van der Waals surface area contributed by atoms with Crippen LogP contribution in [-0.2, 0) is 16.0 Å². The Balaban J connectivity index is 1.38. The number of aromatic amines is 1. The lowest BCUT2D eigenvalue weighted by Crippen LogP contribution is -2.47. The lowest BCUT2D eigenvalue weighted by Gasteiger charge is -2.38. The minimum absolute atomic E-state index is 0.00332. The first-order valence-corrected chi connectivity index (χ1v) is 10.6. The lowest BCUT2D eigenvalue weighted by molar-refractivity contribution is -0.121. The molecule has 32 heavy (non-hydrogen) atoms. The van der Waals surface area contributed by atoms with Crippen molar-refractivity contribution in [3.63, 3.8) is 0 Å². The Morgan fingerprint density at radius 3 is 3.09 bits per heavy atom. The van der Waals surface area contributed by atoms with Crippen LogP contribution < -0.4 is 5.32 Å². The van der Waals surface area contributed by atoms with Gasteiger partial charge >= 0.3 is 0 Å². The van der Waals surface area contributed by atoms with Crippen molar-refractivity contribution in [3.05, 3.63) is 46.8 Å². The first-order chi connectivity index (χ1) is 15.5. The summed E-state index contributed by atoms with van der Waals surface area (Å²) in [5, 5.41) is 13.4. The van der Waals surface area contributed by atoms with Gasteiger partial charge in [0.15, 0.2) is 5.82 Å². The molecule has 170 valence electrons. The zero-order valence-corrected chi connectivity index (χ0v) is 18.2. The van der Waals surface area contributed by atoms with E-state index >= 15 is 0 Å². The molecule has 1 aliphatic rings. The number of nitrogens with zero attached hydrogens (tertiary/aromatic N) is 5. The molecular formula is C20H23ClFN7O3. The predicted octanol–water partition coefficient (Wildman–Crippen LogP) is 2.16. The van der Waals surface area contributed by atoms with Gasteiger partial charge in [0.2, 0.25) is 17.6 Å². The third-order valence-electron chi connectivity index (χ3n) is 5.20. The second-order valence-electron chi connectivity index (χ2n) is 7.48. The molecule has 4 rings (SSSR count). The van der Waals surface area contributed by atoms with Crippen LogP contribution in [0.1, 0.15) is 30.8 Å². The van der Waals surface area contributed by atoms with E-state index in [0.717, 1.165) is 0 Å². The number of hydrogen-bond acceptors (Lipinski definition) is 8. The van der Waals surface area contributed by atoms with E-state index in [4.69, 9.17) is 20.9 Å². The van der Waals surface area contributed by atoms with Crippen LogP contribution in [-0.4, -0.2) is 68.5 Å². The average Bonchev–Trinajstić information content (AvgIpc) is 3.46. The Bertz CT molecular complexity index is 1030. The summed E-state index contributed by atoms with van der Waals surface area (Å²) in [5.74, 6) is 0.342. The van der Waals surface area contributed by atoms with Gasteiger partial charge in [-0.25, -0.2) is 9.37 Å². The van der Waals surface area contributed by atoms with Crippen LogP contribution in [0, 0.1) is 5.82 Å². The summed E-state index contributed by atoms with van der Waals surface area (Å²) in [6, 6.07) is 4.18. The van der Waals surface area contributed by atoms with Crippen molar-refractivity contribution < 1.29 is 18.4 Å². The molecule has 0 aliphatic carbocycles. The number of halogens is 2. The summed E-state index contributed by atoms with van der Waals surface area (Å²) in [6.45, 7) is 3.92. The number of carbonyl (C=O) groups is 1. The summed E-state index contributed by atoms with van der Waals surface area (Å²) in [7, 11) is 0. The standard InChI is InChI=1S/C20H23ClFN7O3/c1-12-10-29(7-8-31-12)15(18-13(21)3-2-4-14(18)22)9-23-16(30)5-6-17-26-20(28-32-17)19-24-11-25-27-19/h2-4,11-12,15H,5-10H2,1H3,(H,23,30)(H,24,25,27). The van der Waals surface area contributed by atoms with Crippen LogP contribution in [0.25, 0.3) is 11.6 Å². The normalized spacial score (nSPS) is 17.9. The number of ether oxygens (including phenoxy) is 1. The molecule has 1 aliphatic heterocycles. The first kappa shape index (κ1) is 22.3. The van der Waals surface area contributed by atoms with Gasteiger partial charge in [-0.1, -0.05) is 22.8 Å². The SMILES string of the molecule is CC1CN(C(CNC(=O)CCc2nc(-c3ncn[nH]3)no2)c2c(F)cccc2Cl)CCO1. The summed E-state index contributed by atoms with van der Waals surface area (Å²) in [6.07, 6.45) is 1.73. The van der Waals surface area contributed by atoms with Gasteiger partial charge in [-0.3, -0.25) is 14.8 Å². The molecule has 3 aromatic rings. The fourth-order valence-electron chi connectivity index (χ4n) is 3.66. The molecule has 1 amide bonds. The van der Waals surface area contributed by atoms with Crippen LogP contribution in [0.4, 0.5) is 4.39 Å². The highest BCUT2D eigenvalue weighted by Gasteiger charge is 2.29. The third kappa shape index (κ3) is 5.29. The highest BCUT2D eigenvalue weighted by Crippen LogP contribution is 2.31. The van der Waals surface area contributed by atoms with Gasteiger partial charge in [0.1, 0.15) is 12.1 Å². The van der Waals surface area contributed by atoms with Gasteiger partial charge in [0.25, 0.3) is 0 Å². The summed E-state index contributed by atoms with van der Waals surface area (Å²) in [4.78, 5) is 22.7. The third-order valence-corrected chi connectivity index (χ3v) is 5.53. The van der Waals surface area contributed by atoms with Crippen LogP contribution in [0.2, 0.25) is 5.02 Å². The van der Waals surface area contributed by atoms with E-state index in [1.54, 1.807) is 12.1 Å². The number of carbonyl (C=O) groups excluding carboxylic acids is 1. The molecule has 2 aromatic heterocycles. The number of nitrogens with one attached hydrogen (secondary N) is 2. The van der Waals surface area contributed by atoms with Crippen molar-refractivity contribution in [3.8, 4) is 11.6 Å². The lowest BCUT2D eigenvalue weighted by atomic mass is 10.0. The number of amides is 1. The van der Waals surface area contributed by atoms with Crippen LogP contribution in [0.15, 0.2) is 29.0 Å². The zero-order chi connectivity index (χ0) is 22.5. The van der Waals surface area contributed by atoms with Gasteiger partial charge in [0.05, 0.1) is 18.8 Å². The second kappa shape index (κ2) is 10.2. The van der Waals surface area contributed by atoms with E-state index in [2.05, 4.69) is 35.5 Å². The number of H-pyrrole nitrogens is 1. The van der Waals surface area contributed by atoms with Crippen LogP contribution in [0.5, 0.6) is 0 Å². The van der Waals surface area contributed by atoms with Crippen molar-refractivity contribution in [2.45, 2.75) is 31.9 Å². The van der Waals surface area contributed by atoms with Gasteiger partial charge in [-0.05, 0) is 19.1 Å². The molecule has 12 heteroatoms. The molecule has 1 fully saturated rings. The summed E-state index contributed by atoms with van der Waals surface area (Å²) < 4.78 is 25.4. The molecule has 0 bridgehead atoms. The average molecular weight is 464 g/mol. The van der Waals surface area contributed by atoms with Gasteiger partial charge in [0, 0.05) is 43.1 Å². The zero-order valence-electron chi connectivity index (χ0n) is 17.4. The van der Waals surface area contributed by atoms with Crippen molar-refractivity contribution >= 4 is 17.5 Å². The highest BCUT2D eigenvalue weighted by molar-refractivity contribution is 6.31. The monoisotopic (exact) mass is 463 g/mol. The first-order valence-electron chi connectivity index (χ1n) is 10.3. The van der Waals surface area contributed by atoms with Crippen molar-refractivity contribution in [1.82, 2.24) is 35.5 Å². The predicted molar refractivity (Wildman–Crippen MR) is 112 cm³/mol. The molecule has 1 saturated heterocycles. The Hall–Kier alpha value is -2.89. The van der Waals surface area contributed by atoms with E-state index in [1.807, 2.05) is 6.92 Å². The smallest absolute Gasteiger partial charge is 0.239 e. The number of morpholine rings is 1. The Labute approximate surface area is 188 Å². The van der Waals surface area contributed by atoms with E-state index < -0.39 is 11.9 Å². The fraction of sp³-hybridized carbons (Fsp3) is 0.450. The van der Waals surface area contributed by atoms with Gasteiger partial charge in [-0.2, -0.15) is 10.1 Å². The van der Waals surface area contributed by atoms with Crippen molar-refractivity contribution in [2.24, 2.45) is 0 Å². The van der Waals surface area contributed by atoms with Crippen LogP contribution >= 0.6 is 11.6 Å². The summed E-state index contributed by atoms with van der Waals surface area (Å²) in [5.41, 5.74) is 0.372. The van der Waals surface area contributed by atoms with Crippen LogP contribution in [0.3, 0.4) is 0 Å². The molecule has 2 atom stereocenters. The largest absolute Gasteiger partial charge is 0.376 e. The molecule has 10 nitrogen and oxygen atoms in total. The second-order valence-corrected chi connectivity index (χ2v) is 7.88. The van der Waals surface area contributed by atoms with Crippen molar-refractivity contribution in [1.29, 1.82) is 0 Å². The maximum Gasteiger partial charge on any atom is 0.239 e. The minimum Gasteiger partial charge on any atom is -0.376 e. The molecule has 0 spiro atoms. The van der Waals surface area contributed by atoms with E-state index in [1.165, 1.54) is 12.4 Å². The Kier molecular flexibility index (Phi) is 7.08. The molecule has 0 radical (unpaired) electrons. The number of hydrogen-bond donors (Lipinski definition) is 2. The molecule has 0 saturated carbocycles. The topological polar surface area (TPSA) is 122 Å².